The SMILES string of the molecule is CCOc1cc(F)ccc1NCC1CC2C=CC1C2. The maximum Gasteiger partial charge on any atom is 0.145 e. The third kappa shape index (κ3) is 2.60. The third-order valence-electron chi connectivity index (χ3n) is 4.21. The molecule has 1 fully saturated rings. The van der Waals surface area contributed by atoms with Gasteiger partial charge in [0.05, 0.1) is 12.3 Å². The molecule has 1 aromatic carbocycles. The van der Waals surface area contributed by atoms with Crippen LogP contribution >= 0.6 is 0 Å². The summed E-state index contributed by atoms with van der Waals surface area (Å²) in [6, 6.07) is 4.70. The number of fused-ring (bicyclic) bond motifs is 2. The summed E-state index contributed by atoms with van der Waals surface area (Å²) >= 11 is 0. The van der Waals surface area contributed by atoms with E-state index in [1.54, 1.807) is 6.07 Å². The molecule has 2 aliphatic carbocycles. The number of nitrogens with one attached hydrogen (secondary N) is 1. The van der Waals surface area contributed by atoms with Crippen molar-refractivity contribution < 1.29 is 9.13 Å². The van der Waals surface area contributed by atoms with Crippen LogP contribution in [0.25, 0.3) is 0 Å². The van der Waals surface area contributed by atoms with E-state index in [-0.39, 0.29) is 5.82 Å². The molecule has 0 aromatic heterocycles. The van der Waals surface area contributed by atoms with Gasteiger partial charge >= 0.3 is 0 Å². The average Bonchev–Trinajstić information content (AvgIpc) is 3.00. The van der Waals surface area contributed by atoms with E-state index in [4.69, 9.17) is 4.74 Å². The molecule has 2 nitrogen and oxygen atoms in total. The van der Waals surface area contributed by atoms with Gasteiger partial charge in [-0.15, -0.1) is 0 Å². The number of hydrogen-bond donors (Lipinski definition) is 1. The summed E-state index contributed by atoms with van der Waals surface area (Å²) in [6.07, 6.45) is 7.30. The van der Waals surface area contributed by atoms with Crippen LogP contribution in [0.4, 0.5) is 10.1 Å². The summed E-state index contributed by atoms with van der Waals surface area (Å²) in [4.78, 5) is 0. The van der Waals surface area contributed by atoms with E-state index in [9.17, 15) is 4.39 Å². The number of rotatable bonds is 5. The first-order valence-corrected chi connectivity index (χ1v) is 7.11. The molecule has 0 saturated heterocycles. The Hall–Kier alpha value is -1.51. The molecule has 1 N–H and O–H groups in total. The van der Waals surface area contributed by atoms with Gasteiger partial charge in [0.2, 0.25) is 0 Å². The van der Waals surface area contributed by atoms with Crippen molar-refractivity contribution in [3.05, 3.63) is 36.2 Å². The van der Waals surface area contributed by atoms with E-state index in [0.717, 1.165) is 24.1 Å². The maximum atomic E-state index is 13.2. The summed E-state index contributed by atoms with van der Waals surface area (Å²) in [6.45, 7) is 3.40. The molecule has 0 radical (unpaired) electrons. The van der Waals surface area contributed by atoms with Gasteiger partial charge in [0.1, 0.15) is 11.6 Å². The summed E-state index contributed by atoms with van der Waals surface area (Å²) < 4.78 is 18.7. The van der Waals surface area contributed by atoms with E-state index in [1.165, 1.54) is 25.0 Å². The molecule has 0 spiro atoms. The fourth-order valence-corrected chi connectivity index (χ4v) is 3.29. The Balaban J connectivity index is 1.65. The highest BCUT2D eigenvalue weighted by atomic mass is 19.1. The van der Waals surface area contributed by atoms with Crippen molar-refractivity contribution in [2.45, 2.75) is 19.8 Å². The summed E-state index contributed by atoms with van der Waals surface area (Å²) in [5.74, 6) is 2.58. The van der Waals surface area contributed by atoms with Crippen molar-refractivity contribution in [3.8, 4) is 5.75 Å². The highest BCUT2D eigenvalue weighted by Crippen LogP contribution is 2.43. The lowest BCUT2D eigenvalue weighted by Crippen LogP contribution is -2.18. The number of ether oxygens (including phenoxy) is 1. The van der Waals surface area contributed by atoms with Crippen LogP contribution in [0.15, 0.2) is 30.4 Å². The van der Waals surface area contributed by atoms with Gasteiger partial charge in [0, 0.05) is 12.6 Å². The smallest absolute Gasteiger partial charge is 0.145 e. The second-order valence-corrected chi connectivity index (χ2v) is 5.49. The van der Waals surface area contributed by atoms with Crippen LogP contribution in [0.3, 0.4) is 0 Å². The average molecular weight is 261 g/mol. The normalized spacial score (nSPS) is 27.8. The molecule has 19 heavy (non-hydrogen) atoms. The lowest BCUT2D eigenvalue weighted by Gasteiger charge is -2.20. The zero-order valence-corrected chi connectivity index (χ0v) is 11.2. The molecule has 102 valence electrons. The van der Waals surface area contributed by atoms with Gasteiger partial charge < -0.3 is 10.1 Å². The number of anilines is 1. The van der Waals surface area contributed by atoms with E-state index in [1.807, 2.05) is 6.92 Å². The van der Waals surface area contributed by atoms with Gasteiger partial charge in [-0.25, -0.2) is 4.39 Å². The number of hydrogen-bond acceptors (Lipinski definition) is 2. The van der Waals surface area contributed by atoms with Crippen LogP contribution in [0.5, 0.6) is 5.75 Å². The third-order valence-corrected chi connectivity index (χ3v) is 4.21. The Morgan fingerprint density at radius 1 is 1.32 bits per heavy atom. The zero-order valence-electron chi connectivity index (χ0n) is 11.2. The van der Waals surface area contributed by atoms with E-state index < -0.39 is 0 Å². The second-order valence-electron chi connectivity index (χ2n) is 5.49. The standard InChI is InChI=1S/C16H20FNO/c1-2-19-16-9-14(17)5-6-15(16)18-10-13-8-11-3-4-12(13)7-11/h3-6,9,11-13,18H,2,7-8,10H2,1H3. The van der Waals surface area contributed by atoms with Crippen LogP contribution in [-0.4, -0.2) is 13.2 Å². The van der Waals surface area contributed by atoms with Crippen LogP contribution in [0, 0.1) is 23.6 Å². The fourth-order valence-electron chi connectivity index (χ4n) is 3.29. The quantitative estimate of drug-likeness (QED) is 0.813. The Bertz CT molecular complexity index is 486. The zero-order chi connectivity index (χ0) is 13.2. The fraction of sp³-hybridized carbons (Fsp3) is 0.500. The first kappa shape index (κ1) is 12.5. The molecule has 1 saturated carbocycles. The minimum atomic E-state index is -0.253. The molecule has 2 bridgehead atoms. The lowest BCUT2D eigenvalue weighted by molar-refractivity contribution is 0.339. The van der Waals surface area contributed by atoms with Crippen molar-refractivity contribution in [1.82, 2.24) is 0 Å². The first-order valence-electron chi connectivity index (χ1n) is 7.11. The van der Waals surface area contributed by atoms with Gasteiger partial charge in [0.15, 0.2) is 0 Å². The molecule has 3 unspecified atom stereocenters. The molecular weight excluding hydrogens is 241 g/mol. The topological polar surface area (TPSA) is 21.3 Å². The molecule has 3 heteroatoms. The van der Waals surface area contributed by atoms with Crippen LogP contribution in [-0.2, 0) is 0 Å². The Morgan fingerprint density at radius 2 is 2.21 bits per heavy atom. The number of halogens is 1. The molecular formula is C16H20FNO. The van der Waals surface area contributed by atoms with Gasteiger partial charge in [0.25, 0.3) is 0 Å². The second kappa shape index (κ2) is 5.24. The van der Waals surface area contributed by atoms with Gasteiger partial charge in [-0.05, 0) is 49.7 Å². The highest BCUT2D eigenvalue weighted by Gasteiger charge is 2.35. The van der Waals surface area contributed by atoms with Crippen LogP contribution in [0.2, 0.25) is 0 Å². The molecule has 3 atom stereocenters. The van der Waals surface area contributed by atoms with Gasteiger partial charge in [-0.1, -0.05) is 12.2 Å². The molecule has 3 rings (SSSR count). The Labute approximate surface area is 113 Å². The lowest BCUT2D eigenvalue weighted by atomic mass is 9.93. The van der Waals surface area contributed by atoms with Crippen LogP contribution in [0.1, 0.15) is 19.8 Å². The van der Waals surface area contributed by atoms with Crippen molar-refractivity contribution in [3.63, 3.8) is 0 Å². The minimum Gasteiger partial charge on any atom is -0.492 e. The largest absolute Gasteiger partial charge is 0.492 e. The molecule has 1 aromatic rings. The Kier molecular flexibility index (Phi) is 3.45. The van der Waals surface area contributed by atoms with E-state index in [0.29, 0.717) is 18.3 Å². The molecule has 2 aliphatic rings. The van der Waals surface area contributed by atoms with E-state index in [2.05, 4.69) is 17.5 Å². The first-order chi connectivity index (χ1) is 9.26. The van der Waals surface area contributed by atoms with Crippen molar-refractivity contribution >= 4 is 5.69 Å². The minimum absolute atomic E-state index is 0.253. The number of allylic oxidation sites excluding steroid dienone is 2. The molecule has 0 heterocycles. The highest BCUT2D eigenvalue weighted by molar-refractivity contribution is 5.56. The summed E-state index contributed by atoms with van der Waals surface area (Å²) in [7, 11) is 0. The molecule has 0 aliphatic heterocycles. The molecule has 0 amide bonds. The van der Waals surface area contributed by atoms with Crippen molar-refractivity contribution in [2.75, 3.05) is 18.5 Å². The number of benzene rings is 1. The predicted octanol–water partition coefficient (Wildman–Crippen LogP) is 3.85. The predicted molar refractivity (Wildman–Crippen MR) is 74.9 cm³/mol. The summed E-state index contributed by atoms with van der Waals surface area (Å²) in [5, 5.41) is 3.43. The monoisotopic (exact) mass is 261 g/mol. The van der Waals surface area contributed by atoms with Crippen molar-refractivity contribution in [2.24, 2.45) is 17.8 Å². The van der Waals surface area contributed by atoms with Gasteiger partial charge in [-0.2, -0.15) is 0 Å². The van der Waals surface area contributed by atoms with Gasteiger partial charge in [-0.3, -0.25) is 0 Å². The Morgan fingerprint density at radius 3 is 2.89 bits per heavy atom. The van der Waals surface area contributed by atoms with Crippen molar-refractivity contribution in [1.29, 1.82) is 0 Å². The van der Waals surface area contributed by atoms with E-state index >= 15 is 0 Å². The maximum absolute atomic E-state index is 13.2. The summed E-state index contributed by atoms with van der Waals surface area (Å²) in [5.41, 5.74) is 0.898. The van der Waals surface area contributed by atoms with Crippen LogP contribution < -0.4 is 10.1 Å².